The van der Waals surface area contributed by atoms with Crippen LogP contribution in [0.15, 0.2) is 28.9 Å². The number of primary amides is 1. The maximum absolute atomic E-state index is 11.8. The van der Waals surface area contributed by atoms with Crippen LogP contribution in [-0.4, -0.2) is 63.8 Å². The molecule has 0 atom stereocenters. The van der Waals surface area contributed by atoms with Gasteiger partial charge < -0.3 is 20.9 Å². The molecular weight excluding hydrogens is 579 g/mol. The number of hydrogen-bond acceptors (Lipinski definition) is 7. The first kappa shape index (κ1) is 29.1. The summed E-state index contributed by atoms with van der Waals surface area (Å²) in [5.74, 6) is -0.0133. The van der Waals surface area contributed by atoms with E-state index in [4.69, 9.17) is 10.7 Å². The van der Waals surface area contributed by atoms with Crippen LogP contribution in [0.5, 0.6) is 0 Å². The topological polar surface area (TPSA) is 105 Å². The first-order valence-corrected chi connectivity index (χ1v) is 11.4. The fourth-order valence-electron chi connectivity index (χ4n) is 4.43. The van der Waals surface area contributed by atoms with Crippen LogP contribution in [0.4, 0.5) is 17.3 Å². The molecule has 3 heterocycles. The van der Waals surface area contributed by atoms with Crippen molar-refractivity contribution >= 4 is 76.4 Å². The summed E-state index contributed by atoms with van der Waals surface area (Å²) in [5, 5.41) is 7.63. The highest BCUT2D eigenvalue weighted by Gasteiger charge is 2.28. The zero-order valence-electron chi connectivity index (χ0n) is 19.3. The van der Waals surface area contributed by atoms with Crippen LogP contribution < -0.4 is 16.0 Å². The number of aryl methyl sites for hydroxylation is 2. The lowest BCUT2D eigenvalue weighted by Gasteiger charge is -2.34. The molecule has 1 fully saturated rings. The molecule has 0 unspecified atom stereocenters. The van der Waals surface area contributed by atoms with Gasteiger partial charge in [-0.1, -0.05) is 0 Å². The molecule has 2 aliphatic rings. The molecule has 190 valence electrons. The molecule has 35 heavy (non-hydrogen) atoms. The van der Waals surface area contributed by atoms with Crippen molar-refractivity contribution in [3.05, 3.63) is 45.7 Å². The van der Waals surface area contributed by atoms with Gasteiger partial charge in [0, 0.05) is 55.1 Å². The van der Waals surface area contributed by atoms with E-state index >= 15 is 0 Å². The van der Waals surface area contributed by atoms with Gasteiger partial charge in [-0.25, -0.2) is 9.97 Å². The molecule has 1 amide bonds. The van der Waals surface area contributed by atoms with Crippen LogP contribution in [0.2, 0.25) is 0 Å². The normalized spacial score (nSPS) is 14.5. The predicted octanol–water partition coefficient (Wildman–Crippen LogP) is 3.60. The molecular formula is C22H28BrCl3N8O. The van der Waals surface area contributed by atoms with E-state index in [1.165, 1.54) is 5.69 Å². The Kier molecular flexibility index (Phi) is 9.78. The van der Waals surface area contributed by atoms with E-state index < -0.39 is 5.91 Å². The van der Waals surface area contributed by atoms with Crippen LogP contribution in [0, 0.1) is 0 Å². The number of carbonyl (C=O) groups excluding carboxylic acids is 1. The molecule has 9 nitrogen and oxygen atoms in total. The molecule has 5 rings (SSSR count). The highest BCUT2D eigenvalue weighted by atomic mass is 79.9. The number of hydrogen-bond donors (Lipinski definition) is 2. The number of rotatable bonds is 4. The largest absolute Gasteiger partial charge is 0.368 e. The Morgan fingerprint density at radius 1 is 1.09 bits per heavy atom. The number of nitrogens with one attached hydrogen (secondary N) is 1. The van der Waals surface area contributed by atoms with Crippen molar-refractivity contribution in [2.75, 3.05) is 43.4 Å². The highest BCUT2D eigenvalue weighted by Crippen LogP contribution is 2.35. The van der Waals surface area contributed by atoms with Crippen molar-refractivity contribution in [2.45, 2.75) is 12.8 Å². The zero-order chi connectivity index (χ0) is 22.4. The maximum atomic E-state index is 11.8. The lowest BCUT2D eigenvalue weighted by Crippen LogP contribution is -2.44. The molecule has 1 aliphatic heterocycles. The van der Waals surface area contributed by atoms with E-state index in [-0.39, 0.29) is 37.2 Å². The molecule has 0 saturated carbocycles. The molecule has 13 heteroatoms. The Morgan fingerprint density at radius 2 is 1.80 bits per heavy atom. The van der Waals surface area contributed by atoms with E-state index in [0.717, 1.165) is 65.3 Å². The number of anilines is 3. The molecule has 1 aliphatic carbocycles. The number of nitrogens with zero attached hydrogens (tertiary/aromatic N) is 6. The van der Waals surface area contributed by atoms with Crippen LogP contribution >= 0.6 is 53.2 Å². The van der Waals surface area contributed by atoms with Crippen molar-refractivity contribution in [3.8, 4) is 11.4 Å². The van der Waals surface area contributed by atoms with E-state index in [1.807, 2.05) is 19.3 Å². The second-order valence-electron chi connectivity index (χ2n) is 8.31. The second-order valence-corrected chi connectivity index (χ2v) is 9.17. The molecule has 0 spiro atoms. The van der Waals surface area contributed by atoms with Crippen LogP contribution in [0.25, 0.3) is 11.4 Å². The summed E-state index contributed by atoms with van der Waals surface area (Å²) in [7, 11) is 3.96. The minimum atomic E-state index is -0.511. The van der Waals surface area contributed by atoms with Crippen molar-refractivity contribution in [1.82, 2.24) is 24.6 Å². The number of carbonyl (C=O) groups is 1. The number of aromatic nitrogens is 4. The first-order valence-electron chi connectivity index (χ1n) is 10.6. The van der Waals surface area contributed by atoms with Crippen molar-refractivity contribution in [2.24, 2.45) is 12.8 Å². The summed E-state index contributed by atoms with van der Waals surface area (Å²) >= 11 is 3.73. The summed E-state index contributed by atoms with van der Waals surface area (Å²) in [5.41, 5.74) is 11.4. The number of fused-ring (bicyclic) bond motifs is 3. The number of halogens is 4. The SMILES string of the molecule is CN1CCN(c2ccc(Nc3ncc4c(n3)-c3c(c(C(N)=O)nn3C)CC4)cc2Br)CC1.Cl.Cl.Cl. The fourth-order valence-corrected chi connectivity index (χ4v) is 5.06. The zero-order valence-corrected chi connectivity index (χ0v) is 23.4. The number of likely N-dealkylation sites (N-methyl/N-ethyl adjacent to an activating group) is 1. The third-order valence-corrected chi connectivity index (χ3v) is 6.79. The Labute approximate surface area is 231 Å². The molecule has 3 N–H and O–H groups in total. The van der Waals surface area contributed by atoms with Crippen molar-refractivity contribution < 1.29 is 4.79 Å². The Bertz CT molecular complexity index is 1210. The van der Waals surface area contributed by atoms with Crippen LogP contribution in [-0.2, 0) is 19.9 Å². The van der Waals surface area contributed by atoms with Crippen LogP contribution in [0.3, 0.4) is 0 Å². The second kappa shape index (κ2) is 11.7. The lowest BCUT2D eigenvalue weighted by molar-refractivity contribution is 0.0994. The summed E-state index contributed by atoms with van der Waals surface area (Å²) in [4.78, 5) is 25.8. The van der Waals surface area contributed by atoms with Gasteiger partial charge in [-0.05, 0) is 59.6 Å². The average molecular weight is 607 g/mol. The predicted molar refractivity (Wildman–Crippen MR) is 149 cm³/mol. The molecule has 1 saturated heterocycles. The van der Waals surface area contributed by atoms with E-state index in [9.17, 15) is 4.79 Å². The van der Waals surface area contributed by atoms with Crippen molar-refractivity contribution in [1.29, 1.82) is 0 Å². The van der Waals surface area contributed by atoms with Gasteiger partial charge in [0.05, 0.1) is 17.1 Å². The summed E-state index contributed by atoms with van der Waals surface area (Å²) < 4.78 is 2.72. The molecule has 0 bridgehead atoms. The van der Waals surface area contributed by atoms with Gasteiger partial charge >= 0.3 is 0 Å². The number of nitrogens with two attached hydrogens (primary N) is 1. The summed E-state index contributed by atoms with van der Waals surface area (Å²) in [6, 6.07) is 6.22. The average Bonchev–Trinajstić information content (AvgIpc) is 3.12. The lowest BCUT2D eigenvalue weighted by atomic mass is 9.93. The van der Waals surface area contributed by atoms with Gasteiger partial charge in [0.15, 0.2) is 5.69 Å². The molecule has 0 radical (unpaired) electrons. The molecule has 1 aromatic carbocycles. The van der Waals surface area contributed by atoms with E-state index in [0.29, 0.717) is 18.1 Å². The van der Waals surface area contributed by atoms with Gasteiger partial charge in [0.25, 0.3) is 5.91 Å². The third kappa shape index (κ3) is 5.67. The minimum absolute atomic E-state index is 0. The van der Waals surface area contributed by atoms with E-state index in [1.54, 1.807) is 4.68 Å². The van der Waals surface area contributed by atoms with Crippen molar-refractivity contribution in [3.63, 3.8) is 0 Å². The first-order chi connectivity index (χ1) is 15.4. The van der Waals surface area contributed by atoms with Gasteiger partial charge in [0.2, 0.25) is 5.95 Å². The van der Waals surface area contributed by atoms with Gasteiger partial charge in [0.1, 0.15) is 0 Å². The minimum Gasteiger partial charge on any atom is -0.368 e. The summed E-state index contributed by atoms with van der Waals surface area (Å²) in [6.07, 6.45) is 3.29. The standard InChI is InChI=1S/C22H25BrN8O.3ClH/c1-29-7-9-31(10-8-29)17-6-4-14(11-16(17)23)26-22-25-12-13-3-5-15-19(21(24)32)28-30(2)20(15)18(13)27-22;;;/h4,6,11-12H,3,5,7-10H2,1-2H3,(H2,24,32)(H,25,26,27);3*1H. The smallest absolute Gasteiger partial charge is 0.269 e. The number of piperazine rings is 1. The Balaban J connectivity index is 0.00000144. The number of amides is 1. The fraction of sp³-hybridized carbons (Fsp3) is 0.364. The Morgan fingerprint density at radius 3 is 2.46 bits per heavy atom. The van der Waals surface area contributed by atoms with E-state index in [2.05, 4.69) is 60.3 Å². The summed E-state index contributed by atoms with van der Waals surface area (Å²) in [6.45, 7) is 4.14. The highest BCUT2D eigenvalue weighted by molar-refractivity contribution is 9.10. The number of benzene rings is 1. The Hall–Kier alpha value is -2.11. The monoisotopic (exact) mass is 604 g/mol. The maximum Gasteiger partial charge on any atom is 0.269 e. The van der Waals surface area contributed by atoms with Gasteiger partial charge in [-0.3, -0.25) is 9.48 Å². The third-order valence-electron chi connectivity index (χ3n) is 6.16. The molecule has 3 aromatic rings. The quantitative estimate of drug-likeness (QED) is 0.468. The van der Waals surface area contributed by atoms with Gasteiger partial charge in [-0.15, -0.1) is 37.2 Å². The van der Waals surface area contributed by atoms with Gasteiger partial charge in [-0.2, -0.15) is 5.10 Å². The van der Waals surface area contributed by atoms with Crippen LogP contribution in [0.1, 0.15) is 21.6 Å². The molecule has 2 aromatic heterocycles.